The molecule has 2 aliphatic rings. The minimum Gasteiger partial charge on any atom is -0.465 e. The highest BCUT2D eigenvalue weighted by Crippen LogP contribution is 2.46. The zero-order chi connectivity index (χ0) is 20.4. The lowest BCUT2D eigenvalue weighted by Crippen LogP contribution is -2.39. The number of aromatic nitrogens is 1. The number of hydrogen-bond donors (Lipinski definition) is 3. The van der Waals surface area contributed by atoms with Gasteiger partial charge in [0, 0.05) is 23.7 Å². The molecule has 152 valence electrons. The summed E-state index contributed by atoms with van der Waals surface area (Å²) in [4.78, 5) is 15.3. The van der Waals surface area contributed by atoms with E-state index in [0.717, 1.165) is 36.1 Å². The van der Waals surface area contributed by atoms with Gasteiger partial charge in [-0.25, -0.2) is 9.18 Å². The molecular formula is C23H25FN2O3. The van der Waals surface area contributed by atoms with E-state index in [9.17, 15) is 14.3 Å². The van der Waals surface area contributed by atoms with Crippen LogP contribution in [-0.4, -0.2) is 33.4 Å². The standard InChI is InChI=1S/C23H25FN2O3/c24-17-3-1-2-14(10-17)15-4-5-18(25-13-15)6-9-21-20-8-7-19(26-23(28)29)11-16(20)12-22(21)27/h1-6,9-10,13,16,19-22,26-27H,7-8,11-12H2,(H,28,29)/t16-,19?,20+,21-,22-/m0/s1. The van der Waals surface area contributed by atoms with Crippen molar-refractivity contribution in [3.8, 4) is 11.1 Å². The Morgan fingerprint density at radius 1 is 1.17 bits per heavy atom. The zero-order valence-electron chi connectivity index (χ0n) is 16.0. The van der Waals surface area contributed by atoms with Gasteiger partial charge in [0.15, 0.2) is 0 Å². The monoisotopic (exact) mass is 396 g/mol. The van der Waals surface area contributed by atoms with Gasteiger partial charge in [-0.2, -0.15) is 0 Å². The molecule has 2 fully saturated rings. The molecule has 5 nitrogen and oxygen atoms in total. The minimum atomic E-state index is -0.976. The van der Waals surface area contributed by atoms with Crippen molar-refractivity contribution >= 4 is 12.2 Å². The molecule has 0 spiro atoms. The predicted molar refractivity (Wildman–Crippen MR) is 109 cm³/mol. The SMILES string of the molecule is O=C(O)NC1CC[C@@H]2[C@@H](C1)C[C@H](O)[C@H]2C=Cc1ccc(-c2cccc(F)c2)cn1. The third-order valence-electron chi connectivity index (χ3n) is 6.29. The number of rotatable bonds is 4. The first-order valence-corrected chi connectivity index (χ1v) is 10.1. The largest absolute Gasteiger partial charge is 0.465 e. The highest BCUT2D eigenvalue weighted by Gasteiger charge is 2.44. The Balaban J connectivity index is 1.42. The molecule has 1 amide bonds. The van der Waals surface area contributed by atoms with Crippen LogP contribution in [-0.2, 0) is 0 Å². The van der Waals surface area contributed by atoms with E-state index in [4.69, 9.17) is 5.11 Å². The lowest BCUT2D eigenvalue weighted by Gasteiger charge is -2.33. The Morgan fingerprint density at radius 3 is 2.76 bits per heavy atom. The van der Waals surface area contributed by atoms with Crippen molar-refractivity contribution in [2.24, 2.45) is 17.8 Å². The van der Waals surface area contributed by atoms with Gasteiger partial charge in [0.25, 0.3) is 0 Å². The Bertz CT molecular complexity index is 899. The van der Waals surface area contributed by atoms with Crippen LogP contribution in [0.4, 0.5) is 9.18 Å². The van der Waals surface area contributed by atoms with Gasteiger partial charge < -0.3 is 15.5 Å². The van der Waals surface area contributed by atoms with Crippen molar-refractivity contribution in [3.05, 3.63) is 60.2 Å². The highest BCUT2D eigenvalue weighted by molar-refractivity contribution is 5.65. The zero-order valence-corrected chi connectivity index (χ0v) is 16.0. The average molecular weight is 396 g/mol. The van der Waals surface area contributed by atoms with E-state index in [-0.39, 0.29) is 17.8 Å². The molecule has 4 rings (SSSR count). The van der Waals surface area contributed by atoms with E-state index in [1.165, 1.54) is 12.1 Å². The van der Waals surface area contributed by atoms with E-state index < -0.39 is 12.2 Å². The number of nitrogens with zero attached hydrogens (tertiary/aromatic N) is 1. The van der Waals surface area contributed by atoms with Gasteiger partial charge in [-0.15, -0.1) is 0 Å². The molecule has 3 N–H and O–H groups in total. The molecule has 0 saturated heterocycles. The topological polar surface area (TPSA) is 82.5 Å². The van der Waals surface area contributed by atoms with Crippen LogP contribution in [0.5, 0.6) is 0 Å². The molecule has 1 unspecified atom stereocenters. The molecule has 0 bridgehead atoms. The number of carboxylic acid groups (broad SMARTS) is 1. The highest BCUT2D eigenvalue weighted by atomic mass is 19.1. The molecule has 2 aliphatic carbocycles. The van der Waals surface area contributed by atoms with Gasteiger partial charge in [-0.05, 0) is 67.4 Å². The number of halogens is 1. The molecule has 1 heterocycles. The number of nitrogens with one attached hydrogen (secondary N) is 1. The van der Waals surface area contributed by atoms with Crippen LogP contribution in [0.15, 0.2) is 48.7 Å². The van der Waals surface area contributed by atoms with Crippen LogP contribution >= 0.6 is 0 Å². The van der Waals surface area contributed by atoms with E-state index in [1.807, 2.05) is 30.4 Å². The van der Waals surface area contributed by atoms with Gasteiger partial charge >= 0.3 is 6.09 Å². The van der Waals surface area contributed by atoms with E-state index in [2.05, 4.69) is 10.3 Å². The second-order valence-electron chi connectivity index (χ2n) is 8.11. The molecule has 2 aromatic rings. The van der Waals surface area contributed by atoms with Crippen LogP contribution in [0.2, 0.25) is 0 Å². The van der Waals surface area contributed by atoms with E-state index >= 15 is 0 Å². The number of carbonyl (C=O) groups is 1. The van der Waals surface area contributed by atoms with Crippen LogP contribution < -0.4 is 5.32 Å². The van der Waals surface area contributed by atoms with E-state index in [0.29, 0.717) is 18.3 Å². The van der Waals surface area contributed by atoms with Crippen molar-refractivity contribution in [3.63, 3.8) is 0 Å². The third-order valence-corrected chi connectivity index (χ3v) is 6.29. The van der Waals surface area contributed by atoms with Crippen LogP contribution in [0.1, 0.15) is 31.4 Å². The first-order chi connectivity index (χ1) is 14.0. The molecule has 0 aliphatic heterocycles. The first kappa shape index (κ1) is 19.6. The first-order valence-electron chi connectivity index (χ1n) is 10.1. The van der Waals surface area contributed by atoms with Gasteiger partial charge in [0.1, 0.15) is 5.82 Å². The Kier molecular flexibility index (Phi) is 5.62. The number of hydrogen-bond acceptors (Lipinski definition) is 3. The number of aliphatic hydroxyl groups is 1. The number of amides is 1. The Hall–Kier alpha value is -2.73. The van der Waals surface area contributed by atoms with Gasteiger partial charge in [-0.3, -0.25) is 4.98 Å². The van der Waals surface area contributed by atoms with Crippen LogP contribution in [0.25, 0.3) is 17.2 Å². The average Bonchev–Trinajstić information content (AvgIpc) is 3.00. The second-order valence-corrected chi connectivity index (χ2v) is 8.11. The summed E-state index contributed by atoms with van der Waals surface area (Å²) in [5, 5.41) is 22.1. The van der Waals surface area contributed by atoms with Crippen LogP contribution in [0.3, 0.4) is 0 Å². The quantitative estimate of drug-likeness (QED) is 0.718. The molecule has 1 aromatic carbocycles. The van der Waals surface area contributed by atoms with E-state index in [1.54, 1.807) is 12.3 Å². The minimum absolute atomic E-state index is 0.0132. The summed E-state index contributed by atoms with van der Waals surface area (Å²) in [7, 11) is 0. The molecular weight excluding hydrogens is 371 g/mol. The van der Waals surface area contributed by atoms with Crippen molar-refractivity contribution in [2.75, 3.05) is 0 Å². The lowest BCUT2D eigenvalue weighted by molar-refractivity contribution is 0.138. The fourth-order valence-electron chi connectivity index (χ4n) is 4.95. The van der Waals surface area contributed by atoms with Crippen molar-refractivity contribution in [2.45, 2.75) is 37.8 Å². The number of benzene rings is 1. The lowest BCUT2D eigenvalue weighted by atomic mass is 9.76. The van der Waals surface area contributed by atoms with Crippen molar-refractivity contribution in [1.82, 2.24) is 10.3 Å². The molecule has 2 saturated carbocycles. The molecule has 5 atom stereocenters. The van der Waals surface area contributed by atoms with Crippen molar-refractivity contribution in [1.29, 1.82) is 0 Å². The Morgan fingerprint density at radius 2 is 2.03 bits per heavy atom. The van der Waals surface area contributed by atoms with Gasteiger partial charge in [0.05, 0.1) is 11.8 Å². The summed E-state index contributed by atoms with van der Waals surface area (Å²) in [5.41, 5.74) is 2.43. The molecule has 6 heteroatoms. The smallest absolute Gasteiger partial charge is 0.404 e. The fourth-order valence-corrected chi connectivity index (χ4v) is 4.95. The predicted octanol–water partition coefficient (Wildman–Crippen LogP) is 4.33. The van der Waals surface area contributed by atoms with Crippen LogP contribution in [0, 0.1) is 23.6 Å². The maximum absolute atomic E-state index is 13.4. The summed E-state index contributed by atoms with van der Waals surface area (Å²) in [6, 6.07) is 10.2. The summed E-state index contributed by atoms with van der Waals surface area (Å²) < 4.78 is 13.4. The Labute approximate surface area is 169 Å². The molecule has 0 radical (unpaired) electrons. The maximum Gasteiger partial charge on any atom is 0.404 e. The summed E-state index contributed by atoms with van der Waals surface area (Å²) in [6.07, 6.45) is 7.55. The molecule has 1 aromatic heterocycles. The third kappa shape index (κ3) is 4.48. The second kappa shape index (κ2) is 8.33. The molecule has 29 heavy (non-hydrogen) atoms. The van der Waals surface area contributed by atoms with Gasteiger partial charge in [0.2, 0.25) is 0 Å². The number of aliphatic hydroxyl groups excluding tert-OH is 1. The van der Waals surface area contributed by atoms with Gasteiger partial charge in [-0.1, -0.05) is 24.3 Å². The van der Waals surface area contributed by atoms with Crippen molar-refractivity contribution < 1.29 is 19.4 Å². The number of fused-ring (bicyclic) bond motifs is 1. The normalized spacial score (nSPS) is 29.0. The summed E-state index contributed by atoms with van der Waals surface area (Å²) in [6.45, 7) is 0. The number of pyridine rings is 1. The maximum atomic E-state index is 13.4. The summed E-state index contributed by atoms with van der Waals surface area (Å²) in [5.74, 6) is 0.508. The summed E-state index contributed by atoms with van der Waals surface area (Å²) >= 11 is 0. The fraction of sp³-hybridized carbons (Fsp3) is 0.391.